The normalized spacial score (nSPS) is 9.36. The van der Waals surface area contributed by atoms with Gasteiger partial charge < -0.3 is 14.2 Å². The van der Waals surface area contributed by atoms with Crippen LogP contribution in [0.4, 0.5) is 4.79 Å². The van der Waals surface area contributed by atoms with E-state index in [0.717, 1.165) is 0 Å². The smallest absolute Gasteiger partial charge is 0.409 e. The minimum absolute atomic E-state index is 0.308. The van der Waals surface area contributed by atoms with Crippen LogP contribution < -0.4 is 14.2 Å². The van der Waals surface area contributed by atoms with Crippen molar-refractivity contribution in [1.29, 1.82) is 0 Å². The maximum absolute atomic E-state index is 10.4. The minimum atomic E-state index is -0.891. The third-order valence-electron chi connectivity index (χ3n) is 1.55. The van der Waals surface area contributed by atoms with Crippen LogP contribution in [-0.4, -0.2) is 19.6 Å². The van der Waals surface area contributed by atoms with Crippen LogP contribution >= 0.6 is 11.6 Å². The number of hydrogen-bond donors (Lipinski definition) is 0. The van der Waals surface area contributed by atoms with Crippen molar-refractivity contribution in [1.82, 2.24) is 0 Å². The molecule has 0 bridgehead atoms. The quantitative estimate of drug-likeness (QED) is 0.728. The molecule has 0 saturated carbocycles. The Hall–Kier alpha value is -1.42. The molecule has 0 radical (unpaired) electrons. The van der Waals surface area contributed by atoms with Crippen LogP contribution in [0.15, 0.2) is 18.2 Å². The molecule has 0 aliphatic heterocycles. The predicted octanol–water partition coefficient (Wildman–Crippen LogP) is 2.44. The van der Waals surface area contributed by atoms with Gasteiger partial charge in [-0.25, -0.2) is 4.79 Å². The number of methoxy groups -OCH3 is 2. The van der Waals surface area contributed by atoms with Crippen molar-refractivity contribution in [3.63, 3.8) is 0 Å². The van der Waals surface area contributed by atoms with Gasteiger partial charge in [-0.05, 0) is 12.1 Å². The SMILES string of the molecule is COc1ccc(OC(=O)Cl)cc1OC. The highest BCUT2D eigenvalue weighted by molar-refractivity contribution is 6.61. The Balaban J connectivity index is 2.95. The Morgan fingerprint density at radius 1 is 1.21 bits per heavy atom. The third-order valence-corrected chi connectivity index (χ3v) is 1.63. The van der Waals surface area contributed by atoms with E-state index < -0.39 is 5.43 Å². The molecular weight excluding hydrogens is 208 g/mol. The van der Waals surface area contributed by atoms with Gasteiger partial charge in [0.2, 0.25) is 0 Å². The van der Waals surface area contributed by atoms with Crippen LogP contribution in [-0.2, 0) is 0 Å². The fraction of sp³-hybridized carbons (Fsp3) is 0.222. The minimum Gasteiger partial charge on any atom is -0.493 e. The summed E-state index contributed by atoms with van der Waals surface area (Å²) in [5.74, 6) is 1.34. The van der Waals surface area contributed by atoms with E-state index in [1.807, 2.05) is 0 Å². The molecule has 0 N–H and O–H groups in total. The molecule has 0 aliphatic carbocycles. The molecule has 0 amide bonds. The highest BCUT2D eigenvalue weighted by Crippen LogP contribution is 2.30. The van der Waals surface area contributed by atoms with Gasteiger partial charge in [-0.2, -0.15) is 0 Å². The number of carbonyl (C=O) groups is 1. The average Bonchev–Trinajstić information content (AvgIpc) is 2.16. The highest BCUT2D eigenvalue weighted by Gasteiger charge is 2.06. The summed E-state index contributed by atoms with van der Waals surface area (Å²) in [6, 6.07) is 4.69. The van der Waals surface area contributed by atoms with Gasteiger partial charge in [0.05, 0.1) is 14.2 Å². The molecule has 0 fully saturated rings. The standard InChI is InChI=1S/C9H9ClO4/c1-12-7-4-3-6(14-9(10)11)5-8(7)13-2/h3-5H,1-2H3. The van der Waals surface area contributed by atoms with Crippen molar-refractivity contribution >= 4 is 17.0 Å². The lowest BCUT2D eigenvalue weighted by atomic mass is 10.3. The molecule has 0 unspecified atom stereocenters. The molecule has 0 saturated heterocycles. The number of rotatable bonds is 3. The Bertz CT molecular complexity index is 338. The second-order valence-corrected chi connectivity index (χ2v) is 2.67. The van der Waals surface area contributed by atoms with E-state index in [0.29, 0.717) is 17.2 Å². The zero-order chi connectivity index (χ0) is 10.6. The van der Waals surface area contributed by atoms with Crippen LogP contribution in [0, 0.1) is 0 Å². The lowest BCUT2D eigenvalue weighted by molar-refractivity contribution is 0.225. The molecule has 1 aromatic rings. The number of benzene rings is 1. The van der Waals surface area contributed by atoms with E-state index in [4.69, 9.17) is 21.1 Å². The lowest BCUT2D eigenvalue weighted by Crippen LogP contribution is -1.97. The number of hydrogen-bond acceptors (Lipinski definition) is 4. The molecule has 0 aliphatic rings. The number of ether oxygens (including phenoxy) is 3. The van der Waals surface area contributed by atoms with E-state index in [9.17, 15) is 4.79 Å². The zero-order valence-electron chi connectivity index (χ0n) is 7.74. The van der Waals surface area contributed by atoms with Gasteiger partial charge in [0.15, 0.2) is 11.5 Å². The Morgan fingerprint density at radius 3 is 2.36 bits per heavy atom. The van der Waals surface area contributed by atoms with Crippen molar-refractivity contribution in [2.45, 2.75) is 0 Å². The second kappa shape index (κ2) is 4.72. The second-order valence-electron chi connectivity index (χ2n) is 2.36. The van der Waals surface area contributed by atoms with Crippen LogP contribution in [0.3, 0.4) is 0 Å². The van der Waals surface area contributed by atoms with E-state index in [1.165, 1.54) is 20.3 Å². The summed E-state index contributed by atoms with van der Waals surface area (Å²) in [7, 11) is 3.01. The average molecular weight is 217 g/mol. The molecule has 5 heteroatoms. The van der Waals surface area contributed by atoms with E-state index in [2.05, 4.69) is 4.74 Å². The van der Waals surface area contributed by atoms with Crippen LogP contribution in [0.5, 0.6) is 17.2 Å². The summed E-state index contributed by atoms with van der Waals surface area (Å²) in [4.78, 5) is 10.4. The maximum Gasteiger partial charge on any atom is 0.409 e. The fourth-order valence-electron chi connectivity index (χ4n) is 0.973. The first-order valence-corrected chi connectivity index (χ1v) is 4.14. The van der Waals surface area contributed by atoms with Crippen LogP contribution in [0.1, 0.15) is 0 Å². The topological polar surface area (TPSA) is 44.8 Å². The zero-order valence-corrected chi connectivity index (χ0v) is 8.50. The van der Waals surface area contributed by atoms with Gasteiger partial charge in [0, 0.05) is 17.7 Å². The number of halogens is 1. The molecule has 0 atom stereocenters. The van der Waals surface area contributed by atoms with Gasteiger partial charge in [0.1, 0.15) is 5.75 Å². The van der Waals surface area contributed by atoms with E-state index in [-0.39, 0.29) is 0 Å². The molecule has 4 nitrogen and oxygen atoms in total. The first kappa shape index (κ1) is 10.7. The summed E-state index contributed by atoms with van der Waals surface area (Å²) in [5, 5.41) is 0. The molecule has 1 aromatic carbocycles. The highest BCUT2D eigenvalue weighted by atomic mass is 35.5. The van der Waals surface area contributed by atoms with Crippen molar-refractivity contribution in [2.24, 2.45) is 0 Å². The molecular formula is C9H9ClO4. The first-order chi connectivity index (χ1) is 6.67. The van der Waals surface area contributed by atoms with Crippen molar-refractivity contribution in [3.05, 3.63) is 18.2 Å². The van der Waals surface area contributed by atoms with E-state index >= 15 is 0 Å². The Kier molecular flexibility index (Phi) is 3.59. The first-order valence-electron chi connectivity index (χ1n) is 3.76. The van der Waals surface area contributed by atoms with Crippen molar-refractivity contribution < 1.29 is 19.0 Å². The Morgan fingerprint density at radius 2 is 1.86 bits per heavy atom. The molecule has 0 aromatic heterocycles. The van der Waals surface area contributed by atoms with E-state index in [1.54, 1.807) is 12.1 Å². The van der Waals surface area contributed by atoms with Gasteiger partial charge in [-0.1, -0.05) is 0 Å². The van der Waals surface area contributed by atoms with Crippen molar-refractivity contribution in [2.75, 3.05) is 14.2 Å². The largest absolute Gasteiger partial charge is 0.493 e. The molecule has 76 valence electrons. The summed E-state index contributed by atoms with van der Waals surface area (Å²) in [6.45, 7) is 0. The van der Waals surface area contributed by atoms with Gasteiger partial charge >= 0.3 is 5.43 Å². The summed E-state index contributed by atoms with van der Waals surface area (Å²) >= 11 is 5.05. The third kappa shape index (κ3) is 2.53. The maximum atomic E-state index is 10.4. The molecule has 0 heterocycles. The van der Waals surface area contributed by atoms with Crippen molar-refractivity contribution in [3.8, 4) is 17.2 Å². The molecule has 14 heavy (non-hydrogen) atoms. The molecule has 1 rings (SSSR count). The summed E-state index contributed by atoms with van der Waals surface area (Å²) in [5.41, 5.74) is -0.891. The monoisotopic (exact) mass is 216 g/mol. The predicted molar refractivity (Wildman–Crippen MR) is 51.4 cm³/mol. The number of carbonyl (C=O) groups excluding carboxylic acids is 1. The summed E-state index contributed by atoms with van der Waals surface area (Å²) < 4.78 is 14.6. The van der Waals surface area contributed by atoms with Gasteiger partial charge in [0.25, 0.3) is 0 Å². The van der Waals surface area contributed by atoms with Gasteiger partial charge in [-0.15, -0.1) is 0 Å². The lowest BCUT2D eigenvalue weighted by Gasteiger charge is -2.08. The van der Waals surface area contributed by atoms with Gasteiger partial charge in [-0.3, -0.25) is 0 Å². The van der Waals surface area contributed by atoms with Crippen LogP contribution in [0.2, 0.25) is 0 Å². The Labute approximate surface area is 86.3 Å². The fourth-order valence-corrected chi connectivity index (χ4v) is 1.06. The summed E-state index contributed by atoms with van der Waals surface area (Å²) in [6.07, 6.45) is 0. The van der Waals surface area contributed by atoms with Crippen LogP contribution in [0.25, 0.3) is 0 Å². The molecule has 0 spiro atoms.